The van der Waals surface area contributed by atoms with E-state index in [4.69, 9.17) is 9.84 Å². The number of aliphatic carboxylic acids is 1. The molecule has 0 atom stereocenters. The minimum atomic E-state index is -3.79. The smallest absolute Gasteiger partial charge is 0.304 e. The molecule has 0 aliphatic rings. The minimum absolute atomic E-state index is 0.0154. The predicted molar refractivity (Wildman–Crippen MR) is 77.4 cm³/mol. The van der Waals surface area contributed by atoms with Crippen molar-refractivity contribution in [1.29, 1.82) is 0 Å². The predicted octanol–water partition coefficient (Wildman–Crippen LogP) is 1.94. The molecule has 0 amide bonds. The van der Waals surface area contributed by atoms with Crippen molar-refractivity contribution in [2.45, 2.75) is 18.2 Å². The highest BCUT2D eigenvalue weighted by Gasteiger charge is 2.25. The zero-order chi connectivity index (χ0) is 15.3. The summed E-state index contributed by atoms with van der Waals surface area (Å²) >= 11 is 3.22. The number of nitrogens with zero attached hydrogens (tertiary/aromatic N) is 1. The Bertz CT molecular complexity index is 588. The van der Waals surface area contributed by atoms with Crippen molar-refractivity contribution in [3.8, 4) is 5.75 Å². The molecule has 6 nitrogen and oxygen atoms in total. The number of carboxylic acids is 1. The third-order valence-corrected chi connectivity index (χ3v) is 4.91. The van der Waals surface area contributed by atoms with Crippen LogP contribution in [0.15, 0.2) is 27.6 Å². The lowest BCUT2D eigenvalue weighted by molar-refractivity contribution is -0.137. The van der Waals surface area contributed by atoms with Crippen molar-refractivity contribution in [1.82, 2.24) is 4.31 Å². The van der Waals surface area contributed by atoms with Gasteiger partial charge in [-0.2, -0.15) is 0 Å². The maximum absolute atomic E-state index is 12.4. The van der Waals surface area contributed by atoms with Gasteiger partial charge in [-0.1, -0.05) is 15.9 Å². The van der Waals surface area contributed by atoms with E-state index in [2.05, 4.69) is 15.9 Å². The summed E-state index contributed by atoms with van der Waals surface area (Å²) in [5.74, 6) is -0.802. The van der Waals surface area contributed by atoms with Gasteiger partial charge in [0, 0.05) is 18.1 Å². The highest BCUT2D eigenvalue weighted by Crippen LogP contribution is 2.29. The van der Waals surface area contributed by atoms with Gasteiger partial charge < -0.3 is 9.84 Å². The molecule has 0 saturated carbocycles. The van der Waals surface area contributed by atoms with Crippen molar-refractivity contribution in [3.05, 3.63) is 22.7 Å². The largest absolute Gasteiger partial charge is 0.492 e. The molecule has 0 aliphatic carbocycles. The van der Waals surface area contributed by atoms with Gasteiger partial charge in [0.1, 0.15) is 10.6 Å². The van der Waals surface area contributed by atoms with Crippen LogP contribution >= 0.6 is 15.9 Å². The fourth-order valence-electron chi connectivity index (χ4n) is 1.50. The molecule has 1 aromatic rings. The number of carboxylic acid groups (broad SMARTS) is 1. The summed E-state index contributed by atoms with van der Waals surface area (Å²) in [5.41, 5.74) is 0. The first-order chi connectivity index (χ1) is 9.28. The van der Waals surface area contributed by atoms with Gasteiger partial charge >= 0.3 is 5.97 Å². The Morgan fingerprint density at radius 1 is 1.45 bits per heavy atom. The highest BCUT2D eigenvalue weighted by atomic mass is 79.9. The molecule has 0 spiro atoms. The molecular weight excluding hydrogens is 350 g/mol. The standard InChI is InChI=1S/C12H16BrNO5S/c1-3-19-10-5-4-9(13)8-11(10)20(17,18)14(2)7-6-12(15)16/h4-5,8H,3,6-7H2,1-2H3,(H,15,16). The van der Waals surface area contributed by atoms with E-state index >= 15 is 0 Å². The van der Waals surface area contributed by atoms with Crippen molar-refractivity contribution in [2.24, 2.45) is 0 Å². The maximum atomic E-state index is 12.4. The molecule has 0 fully saturated rings. The fourth-order valence-corrected chi connectivity index (χ4v) is 3.34. The number of hydrogen-bond donors (Lipinski definition) is 1. The second kappa shape index (κ2) is 7.05. The van der Waals surface area contributed by atoms with Crippen LogP contribution in [0.3, 0.4) is 0 Å². The number of ether oxygens (including phenoxy) is 1. The number of hydrogen-bond acceptors (Lipinski definition) is 4. The minimum Gasteiger partial charge on any atom is -0.492 e. The molecule has 20 heavy (non-hydrogen) atoms. The van der Waals surface area contributed by atoms with Crippen LogP contribution in [-0.4, -0.2) is 44.0 Å². The first kappa shape index (κ1) is 16.9. The van der Waals surface area contributed by atoms with Crippen LogP contribution in [0.1, 0.15) is 13.3 Å². The monoisotopic (exact) mass is 365 g/mol. The van der Waals surface area contributed by atoms with E-state index in [1.165, 1.54) is 13.1 Å². The zero-order valence-electron chi connectivity index (χ0n) is 11.2. The van der Waals surface area contributed by atoms with E-state index in [-0.39, 0.29) is 23.6 Å². The molecule has 1 rings (SSSR count). The lowest BCUT2D eigenvalue weighted by atomic mass is 10.3. The van der Waals surface area contributed by atoms with Crippen molar-refractivity contribution in [3.63, 3.8) is 0 Å². The average molecular weight is 366 g/mol. The Morgan fingerprint density at radius 2 is 2.10 bits per heavy atom. The normalized spacial score (nSPS) is 11.6. The summed E-state index contributed by atoms with van der Waals surface area (Å²) < 4.78 is 31.8. The van der Waals surface area contributed by atoms with E-state index in [1.807, 2.05) is 0 Å². The van der Waals surface area contributed by atoms with Gasteiger partial charge in [-0.05, 0) is 25.1 Å². The molecule has 8 heteroatoms. The Morgan fingerprint density at radius 3 is 2.65 bits per heavy atom. The van der Waals surface area contributed by atoms with Crippen molar-refractivity contribution >= 4 is 31.9 Å². The zero-order valence-corrected chi connectivity index (χ0v) is 13.6. The van der Waals surface area contributed by atoms with Gasteiger partial charge in [0.15, 0.2) is 0 Å². The van der Waals surface area contributed by atoms with Crippen molar-refractivity contribution < 1.29 is 23.1 Å². The lowest BCUT2D eigenvalue weighted by Crippen LogP contribution is -2.29. The lowest BCUT2D eigenvalue weighted by Gasteiger charge is -2.18. The Labute approximate surface area is 126 Å². The summed E-state index contributed by atoms with van der Waals surface area (Å²) in [6, 6.07) is 4.68. The Kier molecular flexibility index (Phi) is 5.97. The van der Waals surface area contributed by atoms with Gasteiger partial charge in [0.2, 0.25) is 10.0 Å². The third-order valence-electron chi connectivity index (χ3n) is 2.53. The van der Waals surface area contributed by atoms with Crippen LogP contribution < -0.4 is 4.74 Å². The van der Waals surface area contributed by atoms with Crippen LogP contribution in [0, 0.1) is 0 Å². The van der Waals surface area contributed by atoms with E-state index in [9.17, 15) is 13.2 Å². The molecule has 1 aromatic carbocycles. The van der Waals surface area contributed by atoms with E-state index in [0.29, 0.717) is 11.1 Å². The van der Waals surface area contributed by atoms with Crippen LogP contribution in [-0.2, 0) is 14.8 Å². The van der Waals surface area contributed by atoms with Gasteiger partial charge in [-0.15, -0.1) is 0 Å². The molecule has 0 saturated heterocycles. The average Bonchev–Trinajstić information content (AvgIpc) is 2.38. The summed E-state index contributed by atoms with van der Waals surface area (Å²) in [6.45, 7) is 1.99. The second-order valence-electron chi connectivity index (χ2n) is 3.99. The van der Waals surface area contributed by atoms with Crippen molar-refractivity contribution in [2.75, 3.05) is 20.2 Å². The number of sulfonamides is 1. The van der Waals surface area contributed by atoms with E-state index in [0.717, 1.165) is 4.31 Å². The highest BCUT2D eigenvalue weighted by molar-refractivity contribution is 9.10. The molecule has 0 unspecified atom stereocenters. The summed E-state index contributed by atoms with van der Waals surface area (Å²) in [5, 5.41) is 8.63. The van der Waals surface area contributed by atoms with Crippen LogP contribution in [0.4, 0.5) is 0 Å². The first-order valence-corrected chi connectivity index (χ1v) is 8.12. The second-order valence-corrected chi connectivity index (χ2v) is 6.92. The van der Waals surface area contributed by atoms with Gasteiger partial charge in [-0.3, -0.25) is 4.79 Å². The van der Waals surface area contributed by atoms with Crippen LogP contribution in [0.25, 0.3) is 0 Å². The molecule has 0 aliphatic heterocycles. The Balaban J connectivity index is 3.13. The quantitative estimate of drug-likeness (QED) is 0.797. The molecule has 112 valence electrons. The molecule has 0 bridgehead atoms. The summed E-state index contributed by atoms with van der Waals surface area (Å²) in [7, 11) is -2.45. The third kappa shape index (κ3) is 4.19. The van der Waals surface area contributed by atoms with E-state index < -0.39 is 16.0 Å². The SMILES string of the molecule is CCOc1ccc(Br)cc1S(=O)(=O)N(C)CCC(=O)O. The molecule has 1 N–H and O–H groups in total. The van der Waals surface area contributed by atoms with Gasteiger partial charge in [-0.25, -0.2) is 12.7 Å². The van der Waals surface area contributed by atoms with Gasteiger partial charge in [0.25, 0.3) is 0 Å². The topological polar surface area (TPSA) is 83.9 Å². The first-order valence-electron chi connectivity index (χ1n) is 5.89. The maximum Gasteiger partial charge on any atom is 0.304 e. The van der Waals surface area contributed by atoms with Crippen LogP contribution in [0.5, 0.6) is 5.75 Å². The molecular formula is C12H16BrNO5S. The van der Waals surface area contributed by atoms with Crippen LogP contribution in [0.2, 0.25) is 0 Å². The molecule has 0 radical (unpaired) electrons. The Hall–Kier alpha value is -1.12. The molecule has 0 heterocycles. The number of rotatable bonds is 7. The number of benzene rings is 1. The number of carbonyl (C=O) groups is 1. The summed E-state index contributed by atoms with van der Waals surface area (Å²) in [6.07, 6.45) is -0.256. The summed E-state index contributed by atoms with van der Waals surface area (Å²) in [4.78, 5) is 10.6. The fraction of sp³-hybridized carbons (Fsp3) is 0.417. The van der Waals surface area contributed by atoms with E-state index in [1.54, 1.807) is 19.1 Å². The number of halogens is 1. The molecule has 0 aromatic heterocycles. The van der Waals surface area contributed by atoms with Gasteiger partial charge in [0.05, 0.1) is 13.0 Å².